The van der Waals surface area contributed by atoms with Crippen LogP contribution in [0.2, 0.25) is 0 Å². The average molecular weight is 354 g/mol. The van der Waals surface area contributed by atoms with Crippen molar-refractivity contribution in [3.05, 3.63) is 47.8 Å². The van der Waals surface area contributed by atoms with Crippen molar-refractivity contribution in [1.29, 1.82) is 0 Å². The average Bonchev–Trinajstić information content (AvgIpc) is 2.62. The second-order valence-electron chi connectivity index (χ2n) is 6.90. The number of esters is 1. The Morgan fingerprint density at radius 3 is 2.27 bits per heavy atom. The number of hydrogen-bond donors (Lipinski definition) is 0. The van der Waals surface area contributed by atoms with E-state index in [-0.39, 0.29) is 12.1 Å². The van der Waals surface area contributed by atoms with E-state index in [2.05, 4.69) is 16.9 Å². The largest absolute Gasteiger partial charge is 0.463 e. The maximum absolute atomic E-state index is 11.0. The van der Waals surface area contributed by atoms with Crippen LogP contribution in [0.5, 0.6) is 0 Å². The Morgan fingerprint density at radius 1 is 1.00 bits per heavy atom. The Morgan fingerprint density at radius 2 is 1.65 bits per heavy atom. The van der Waals surface area contributed by atoms with Crippen molar-refractivity contribution in [2.45, 2.75) is 71.8 Å². The number of rotatable bonds is 10. The lowest BCUT2D eigenvalue weighted by Gasteiger charge is -2.12. The van der Waals surface area contributed by atoms with Crippen LogP contribution in [0.1, 0.15) is 64.0 Å². The summed E-state index contributed by atoms with van der Waals surface area (Å²) < 4.78 is 5.17. The summed E-state index contributed by atoms with van der Waals surface area (Å²) in [6.45, 7) is 5.57. The van der Waals surface area contributed by atoms with E-state index in [1.165, 1.54) is 44.6 Å². The number of ether oxygens (including phenoxy) is 1. The van der Waals surface area contributed by atoms with Crippen molar-refractivity contribution < 1.29 is 9.53 Å². The van der Waals surface area contributed by atoms with Crippen LogP contribution in [-0.2, 0) is 22.4 Å². The van der Waals surface area contributed by atoms with Gasteiger partial charge in [-0.25, -0.2) is 9.97 Å². The van der Waals surface area contributed by atoms with Gasteiger partial charge in [0.2, 0.25) is 0 Å². The Hall–Kier alpha value is -2.23. The standard InChI is InChI=1S/C22H30N2O2/c1-4-5-6-7-8-9-20-15-23-22(24-16-20)21-12-10-19(11-13-21)14-17(2)26-18(3)25/h10-13,15-17H,4-9,14H2,1-3H3. The van der Waals surface area contributed by atoms with Gasteiger partial charge < -0.3 is 4.74 Å². The molecule has 0 amide bonds. The van der Waals surface area contributed by atoms with Gasteiger partial charge in [-0.2, -0.15) is 0 Å². The monoisotopic (exact) mass is 354 g/mol. The Bertz CT molecular complexity index is 666. The minimum absolute atomic E-state index is 0.119. The summed E-state index contributed by atoms with van der Waals surface area (Å²) in [7, 11) is 0. The fraction of sp³-hybridized carbons (Fsp3) is 0.500. The SMILES string of the molecule is CCCCCCCc1cnc(-c2ccc(CC(C)OC(C)=O)cc2)nc1. The lowest BCUT2D eigenvalue weighted by atomic mass is 10.1. The van der Waals surface area contributed by atoms with Crippen LogP contribution < -0.4 is 0 Å². The number of carbonyl (C=O) groups is 1. The number of carbonyl (C=O) groups excluding carboxylic acids is 1. The quantitative estimate of drug-likeness (QED) is 0.437. The molecule has 0 saturated carbocycles. The van der Waals surface area contributed by atoms with Crippen molar-refractivity contribution in [2.75, 3.05) is 0 Å². The van der Waals surface area contributed by atoms with Gasteiger partial charge in [-0.05, 0) is 30.9 Å². The maximum atomic E-state index is 11.0. The maximum Gasteiger partial charge on any atom is 0.302 e. The first kappa shape index (κ1) is 20.1. The van der Waals surface area contributed by atoms with Crippen LogP contribution in [-0.4, -0.2) is 22.0 Å². The predicted octanol–water partition coefficient (Wildman–Crippen LogP) is 5.15. The molecule has 0 N–H and O–H groups in total. The van der Waals surface area contributed by atoms with Gasteiger partial charge in [0.05, 0.1) is 0 Å². The van der Waals surface area contributed by atoms with E-state index in [0.29, 0.717) is 6.42 Å². The van der Waals surface area contributed by atoms with Crippen molar-refractivity contribution in [2.24, 2.45) is 0 Å². The van der Waals surface area contributed by atoms with Gasteiger partial charge in [0.1, 0.15) is 6.10 Å². The fourth-order valence-electron chi connectivity index (χ4n) is 3.01. The van der Waals surface area contributed by atoms with Crippen LogP contribution in [0.25, 0.3) is 11.4 Å². The lowest BCUT2D eigenvalue weighted by molar-refractivity contribution is -0.145. The van der Waals surface area contributed by atoms with Gasteiger partial charge >= 0.3 is 5.97 Å². The molecule has 1 atom stereocenters. The number of aryl methyl sites for hydroxylation is 1. The molecule has 0 saturated heterocycles. The summed E-state index contributed by atoms with van der Waals surface area (Å²) in [4.78, 5) is 20.0. The summed E-state index contributed by atoms with van der Waals surface area (Å²) in [6.07, 6.45) is 11.9. The summed E-state index contributed by atoms with van der Waals surface area (Å²) in [5.41, 5.74) is 3.34. The van der Waals surface area contributed by atoms with Gasteiger partial charge in [-0.1, -0.05) is 56.9 Å². The molecule has 2 aromatic rings. The number of benzene rings is 1. The molecular weight excluding hydrogens is 324 g/mol. The first-order chi connectivity index (χ1) is 12.6. The molecule has 0 bridgehead atoms. The van der Waals surface area contributed by atoms with Crippen LogP contribution in [0.3, 0.4) is 0 Å². The molecule has 0 aliphatic carbocycles. The van der Waals surface area contributed by atoms with Gasteiger partial charge in [-0.15, -0.1) is 0 Å². The van der Waals surface area contributed by atoms with Crippen LogP contribution in [0.15, 0.2) is 36.7 Å². The number of hydrogen-bond acceptors (Lipinski definition) is 4. The van der Waals surface area contributed by atoms with E-state index in [1.807, 2.05) is 43.6 Å². The molecule has 1 aromatic carbocycles. The van der Waals surface area contributed by atoms with Gasteiger partial charge in [0.15, 0.2) is 5.82 Å². The highest BCUT2D eigenvalue weighted by Crippen LogP contribution is 2.17. The normalized spacial score (nSPS) is 12.0. The Labute approximate surface area is 157 Å². The molecule has 0 aliphatic rings. The van der Waals surface area contributed by atoms with E-state index in [9.17, 15) is 4.79 Å². The molecule has 1 unspecified atom stereocenters. The smallest absolute Gasteiger partial charge is 0.302 e. The first-order valence-electron chi connectivity index (χ1n) is 9.66. The number of aromatic nitrogens is 2. The van der Waals surface area contributed by atoms with E-state index in [0.717, 1.165) is 23.4 Å². The third-order valence-electron chi connectivity index (χ3n) is 4.38. The molecule has 0 fully saturated rings. The zero-order valence-corrected chi connectivity index (χ0v) is 16.2. The molecule has 1 aromatic heterocycles. The molecule has 1 heterocycles. The van der Waals surface area contributed by atoms with Crippen LogP contribution in [0, 0.1) is 0 Å². The minimum atomic E-state index is -0.243. The second kappa shape index (κ2) is 10.7. The highest BCUT2D eigenvalue weighted by Gasteiger charge is 2.08. The zero-order chi connectivity index (χ0) is 18.8. The van der Waals surface area contributed by atoms with Crippen LogP contribution >= 0.6 is 0 Å². The van der Waals surface area contributed by atoms with Crippen molar-refractivity contribution in [1.82, 2.24) is 9.97 Å². The molecule has 140 valence electrons. The topological polar surface area (TPSA) is 52.1 Å². The number of nitrogens with zero attached hydrogens (tertiary/aromatic N) is 2. The molecule has 4 heteroatoms. The van der Waals surface area contributed by atoms with E-state index < -0.39 is 0 Å². The first-order valence-corrected chi connectivity index (χ1v) is 9.66. The van der Waals surface area contributed by atoms with Crippen molar-refractivity contribution in [3.8, 4) is 11.4 Å². The highest BCUT2D eigenvalue weighted by molar-refractivity contribution is 5.66. The zero-order valence-electron chi connectivity index (χ0n) is 16.2. The second-order valence-corrected chi connectivity index (χ2v) is 6.90. The van der Waals surface area contributed by atoms with Crippen molar-refractivity contribution in [3.63, 3.8) is 0 Å². The van der Waals surface area contributed by atoms with Gasteiger partial charge in [-0.3, -0.25) is 4.79 Å². The van der Waals surface area contributed by atoms with E-state index >= 15 is 0 Å². The van der Waals surface area contributed by atoms with Gasteiger partial charge in [0.25, 0.3) is 0 Å². The molecule has 26 heavy (non-hydrogen) atoms. The molecule has 0 radical (unpaired) electrons. The third-order valence-corrected chi connectivity index (χ3v) is 4.38. The fourth-order valence-corrected chi connectivity index (χ4v) is 3.01. The highest BCUT2D eigenvalue weighted by atomic mass is 16.5. The Balaban J connectivity index is 1.87. The van der Waals surface area contributed by atoms with Gasteiger partial charge in [0, 0.05) is 31.3 Å². The third kappa shape index (κ3) is 6.95. The molecule has 2 rings (SSSR count). The molecule has 4 nitrogen and oxygen atoms in total. The molecular formula is C22H30N2O2. The van der Waals surface area contributed by atoms with Crippen LogP contribution in [0.4, 0.5) is 0 Å². The van der Waals surface area contributed by atoms with E-state index in [4.69, 9.17) is 4.74 Å². The summed E-state index contributed by atoms with van der Waals surface area (Å²) >= 11 is 0. The van der Waals surface area contributed by atoms with E-state index in [1.54, 1.807) is 0 Å². The predicted molar refractivity (Wildman–Crippen MR) is 105 cm³/mol. The summed E-state index contributed by atoms with van der Waals surface area (Å²) in [6, 6.07) is 8.13. The van der Waals surface area contributed by atoms with Crippen molar-refractivity contribution >= 4 is 5.97 Å². The molecule has 0 aliphatic heterocycles. The minimum Gasteiger partial charge on any atom is -0.463 e. The Kier molecular flexibility index (Phi) is 8.26. The lowest BCUT2D eigenvalue weighted by Crippen LogP contribution is -2.14. The summed E-state index contributed by atoms with van der Waals surface area (Å²) in [5, 5.41) is 0. The molecule has 0 spiro atoms. The number of unbranched alkanes of at least 4 members (excludes halogenated alkanes) is 4. The summed E-state index contributed by atoms with van der Waals surface area (Å²) in [5.74, 6) is 0.507.